The van der Waals surface area contributed by atoms with Crippen LogP contribution in [-0.4, -0.2) is 42.0 Å². The molecular formula is C14H18O7. The van der Waals surface area contributed by atoms with Crippen LogP contribution in [0, 0.1) is 0 Å². The minimum Gasteiger partial charge on any atom is -0.454 e. The summed E-state index contributed by atoms with van der Waals surface area (Å²) in [4.78, 5) is 45.8. The molecule has 0 saturated heterocycles. The zero-order valence-electron chi connectivity index (χ0n) is 12.2. The van der Waals surface area contributed by atoms with Crippen molar-refractivity contribution in [1.82, 2.24) is 0 Å². The lowest BCUT2D eigenvalue weighted by Crippen LogP contribution is -2.50. The van der Waals surface area contributed by atoms with Gasteiger partial charge in [0.2, 0.25) is 6.10 Å². The van der Waals surface area contributed by atoms with Crippen molar-refractivity contribution in [3.8, 4) is 0 Å². The Labute approximate surface area is 122 Å². The SMILES string of the molecule is CCC(=O)O[C@H]1C=CC(=O)[C@H](OC(=O)CC)[C@H]1OC(C)=O. The lowest BCUT2D eigenvalue weighted by Gasteiger charge is -2.32. The molecule has 0 unspecified atom stereocenters. The zero-order valence-corrected chi connectivity index (χ0v) is 12.2. The summed E-state index contributed by atoms with van der Waals surface area (Å²) in [6.45, 7) is 4.33. The van der Waals surface area contributed by atoms with Gasteiger partial charge in [-0.2, -0.15) is 0 Å². The molecule has 0 spiro atoms. The van der Waals surface area contributed by atoms with E-state index in [0.717, 1.165) is 13.0 Å². The summed E-state index contributed by atoms with van der Waals surface area (Å²) >= 11 is 0. The molecule has 116 valence electrons. The standard InChI is InChI=1S/C14H18O7/c1-4-11(17)20-10-7-6-9(16)13(21-12(18)5-2)14(10)19-8(3)15/h6-7,10,13-14H,4-5H2,1-3H3/t10-,13-,14-/m0/s1. The van der Waals surface area contributed by atoms with E-state index >= 15 is 0 Å². The maximum atomic E-state index is 11.8. The first-order valence-electron chi connectivity index (χ1n) is 6.67. The Balaban J connectivity index is 2.99. The van der Waals surface area contributed by atoms with Crippen molar-refractivity contribution in [3.05, 3.63) is 12.2 Å². The third-order valence-electron chi connectivity index (χ3n) is 2.76. The Morgan fingerprint density at radius 3 is 2.14 bits per heavy atom. The molecule has 7 heteroatoms. The summed E-state index contributed by atoms with van der Waals surface area (Å²) in [6, 6.07) is 0. The highest BCUT2D eigenvalue weighted by Crippen LogP contribution is 2.21. The van der Waals surface area contributed by atoms with Gasteiger partial charge >= 0.3 is 17.9 Å². The molecule has 1 rings (SSSR count). The molecule has 3 atom stereocenters. The lowest BCUT2D eigenvalue weighted by atomic mass is 9.96. The monoisotopic (exact) mass is 298 g/mol. The molecular weight excluding hydrogens is 280 g/mol. The molecule has 0 N–H and O–H groups in total. The van der Waals surface area contributed by atoms with Crippen molar-refractivity contribution in [3.63, 3.8) is 0 Å². The van der Waals surface area contributed by atoms with E-state index in [1.165, 1.54) is 6.08 Å². The topological polar surface area (TPSA) is 96.0 Å². The van der Waals surface area contributed by atoms with Crippen molar-refractivity contribution in [1.29, 1.82) is 0 Å². The average Bonchev–Trinajstić information content (AvgIpc) is 2.44. The van der Waals surface area contributed by atoms with Gasteiger partial charge in [-0.3, -0.25) is 19.2 Å². The van der Waals surface area contributed by atoms with Gasteiger partial charge in [-0.15, -0.1) is 0 Å². The molecule has 7 nitrogen and oxygen atoms in total. The number of carbonyl (C=O) groups is 4. The van der Waals surface area contributed by atoms with Crippen LogP contribution >= 0.6 is 0 Å². The average molecular weight is 298 g/mol. The number of esters is 3. The smallest absolute Gasteiger partial charge is 0.306 e. The molecule has 0 heterocycles. The summed E-state index contributed by atoms with van der Waals surface area (Å²) in [5.74, 6) is -2.32. The predicted octanol–water partition coefficient (Wildman–Crippen LogP) is 0.701. The number of ether oxygens (including phenoxy) is 3. The molecule has 1 aliphatic rings. The summed E-state index contributed by atoms with van der Waals surface area (Å²) < 4.78 is 15.1. The van der Waals surface area contributed by atoms with Crippen LogP contribution in [0.2, 0.25) is 0 Å². The van der Waals surface area contributed by atoms with E-state index in [1.807, 2.05) is 0 Å². The van der Waals surface area contributed by atoms with Gasteiger partial charge in [0.15, 0.2) is 18.0 Å². The van der Waals surface area contributed by atoms with Crippen molar-refractivity contribution >= 4 is 23.7 Å². The molecule has 0 aliphatic heterocycles. The maximum Gasteiger partial charge on any atom is 0.306 e. The van der Waals surface area contributed by atoms with Crippen molar-refractivity contribution in [2.24, 2.45) is 0 Å². The summed E-state index contributed by atoms with van der Waals surface area (Å²) in [6.07, 6.45) is -0.772. The second-order valence-electron chi connectivity index (χ2n) is 4.41. The summed E-state index contributed by atoms with van der Waals surface area (Å²) in [7, 11) is 0. The van der Waals surface area contributed by atoms with Crippen LogP contribution in [0.5, 0.6) is 0 Å². The van der Waals surface area contributed by atoms with Gasteiger partial charge < -0.3 is 14.2 Å². The number of hydrogen-bond donors (Lipinski definition) is 0. The van der Waals surface area contributed by atoms with Gasteiger partial charge in [0.1, 0.15) is 0 Å². The minimum absolute atomic E-state index is 0.0691. The molecule has 21 heavy (non-hydrogen) atoms. The highest BCUT2D eigenvalue weighted by atomic mass is 16.6. The van der Waals surface area contributed by atoms with E-state index in [1.54, 1.807) is 13.8 Å². The number of carbonyl (C=O) groups excluding carboxylic acids is 4. The van der Waals surface area contributed by atoms with Crippen molar-refractivity contribution < 1.29 is 33.4 Å². The van der Waals surface area contributed by atoms with E-state index in [-0.39, 0.29) is 12.8 Å². The molecule has 0 radical (unpaired) electrons. The van der Waals surface area contributed by atoms with Gasteiger partial charge in [0.25, 0.3) is 0 Å². The molecule has 0 aromatic carbocycles. The van der Waals surface area contributed by atoms with Crippen LogP contribution < -0.4 is 0 Å². The van der Waals surface area contributed by atoms with E-state index in [9.17, 15) is 19.2 Å². The van der Waals surface area contributed by atoms with Gasteiger partial charge in [-0.1, -0.05) is 13.8 Å². The largest absolute Gasteiger partial charge is 0.454 e. The fraction of sp³-hybridized carbons (Fsp3) is 0.571. The molecule has 1 aliphatic carbocycles. The van der Waals surface area contributed by atoms with E-state index in [4.69, 9.17) is 14.2 Å². The number of ketones is 1. The fourth-order valence-corrected chi connectivity index (χ4v) is 1.74. The quantitative estimate of drug-likeness (QED) is 0.544. The molecule has 0 saturated carbocycles. The number of hydrogen-bond acceptors (Lipinski definition) is 7. The number of rotatable bonds is 5. The van der Waals surface area contributed by atoms with Crippen LogP contribution in [0.3, 0.4) is 0 Å². The highest BCUT2D eigenvalue weighted by molar-refractivity contribution is 5.97. The molecule has 0 aromatic rings. The fourth-order valence-electron chi connectivity index (χ4n) is 1.74. The summed E-state index contributed by atoms with van der Waals surface area (Å²) in [5.41, 5.74) is 0. The molecule has 0 bridgehead atoms. The minimum atomic E-state index is -1.30. The Morgan fingerprint density at radius 1 is 1.05 bits per heavy atom. The van der Waals surface area contributed by atoms with Crippen LogP contribution in [0.1, 0.15) is 33.6 Å². The first-order valence-corrected chi connectivity index (χ1v) is 6.67. The Bertz CT molecular complexity index is 466. The second-order valence-corrected chi connectivity index (χ2v) is 4.41. The Kier molecular flexibility index (Phi) is 6.08. The van der Waals surface area contributed by atoms with E-state index in [2.05, 4.69) is 0 Å². The summed E-state index contributed by atoms with van der Waals surface area (Å²) in [5, 5.41) is 0. The second kappa shape index (κ2) is 7.56. The van der Waals surface area contributed by atoms with Gasteiger partial charge in [-0.25, -0.2) is 0 Å². The lowest BCUT2D eigenvalue weighted by molar-refractivity contribution is -0.183. The van der Waals surface area contributed by atoms with E-state index < -0.39 is 42.0 Å². The predicted molar refractivity (Wildman–Crippen MR) is 70.0 cm³/mol. The first-order chi connectivity index (χ1) is 9.88. The maximum absolute atomic E-state index is 11.8. The van der Waals surface area contributed by atoms with Crippen LogP contribution in [-0.2, 0) is 33.4 Å². The van der Waals surface area contributed by atoms with E-state index in [0.29, 0.717) is 0 Å². The van der Waals surface area contributed by atoms with Gasteiger partial charge in [0, 0.05) is 19.8 Å². The molecule has 0 aromatic heterocycles. The van der Waals surface area contributed by atoms with Crippen LogP contribution in [0.15, 0.2) is 12.2 Å². The third-order valence-corrected chi connectivity index (χ3v) is 2.76. The molecule has 0 amide bonds. The van der Waals surface area contributed by atoms with Crippen LogP contribution in [0.25, 0.3) is 0 Å². The van der Waals surface area contributed by atoms with Gasteiger partial charge in [-0.05, 0) is 12.2 Å². The zero-order chi connectivity index (χ0) is 16.0. The van der Waals surface area contributed by atoms with Crippen LogP contribution in [0.4, 0.5) is 0 Å². The Morgan fingerprint density at radius 2 is 1.62 bits per heavy atom. The normalized spacial score (nSPS) is 24.3. The highest BCUT2D eigenvalue weighted by Gasteiger charge is 2.42. The third kappa shape index (κ3) is 4.70. The van der Waals surface area contributed by atoms with Gasteiger partial charge in [0.05, 0.1) is 0 Å². The first kappa shape index (κ1) is 16.9. The van der Waals surface area contributed by atoms with Crippen molar-refractivity contribution in [2.45, 2.75) is 51.9 Å². The Hall–Kier alpha value is -2.18. The van der Waals surface area contributed by atoms with Crippen molar-refractivity contribution in [2.75, 3.05) is 0 Å². The molecule has 0 fully saturated rings.